The first-order valence-corrected chi connectivity index (χ1v) is 5.52. The van der Waals surface area contributed by atoms with Gasteiger partial charge in [0.05, 0.1) is 5.56 Å². The van der Waals surface area contributed by atoms with Crippen LogP contribution in [0.3, 0.4) is 0 Å². The molecule has 1 heterocycles. The molecule has 0 amide bonds. The lowest BCUT2D eigenvalue weighted by Gasteiger charge is -2.24. The minimum Gasteiger partial charge on any atom is -0.369 e. The molecule has 1 N–H and O–H groups in total. The van der Waals surface area contributed by atoms with E-state index in [2.05, 4.69) is 10.3 Å². The number of hydrogen-bond acceptors (Lipinski definition) is 2. The quantitative estimate of drug-likeness (QED) is 0.870. The van der Waals surface area contributed by atoms with Crippen LogP contribution in [-0.4, -0.2) is 11.5 Å². The Morgan fingerprint density at radius 1 is 1.29 bits per heavy atom. The fraction of sp³-hybridized carbons (Fsp3) is 0.583. The van der Waals surface area contributed by atoms with Gasteiger partial charge in [-0.15, -0.1) is 0 Å². The lowest BCUT2D eigenvalue weighted by atomic mass is 9.90. The zero-order valence-electron chi connectivity index (χ0n) is 10.2. The van der Waals surface area contributed by atoms with E-state index in [0.717, 1.165) is 12.5 Å². The zero-order valence-corrected chi connectivity index (χ0v) is 10.2. The molecule has 0 saturated heterocycles. The van der Waals surface area contributed by atoms with Gasteiger partial charge in [0, 0.05) is 12.7 Å². The zero-order chi connectivity index (χ0) is 13.1. The Morgan fingerprint density at radius 2 is 1.94 bits per heavy atom. The van der Waals surface area contributed by atoms with Crippen LogP contribution in [0.4, 0.5) is 19.0 Å². The molecule has 1 aromatic heterocycles. The van der Waals surface area contributed by atoms with Gasteiger partial charge in [0.2, 0.25) is 0 Å². The fourth-order valence-electron chi connectivity index (χ4n) is 1.22. The van der Waals surface area contributed by atoms with E-state index in [4.69, 9.17) is 0 Å². The first kappa shape index (κ1) is 13.8. The summed E-state index contributed by atoms with van der Waals surface area (Å²) in [7, 11) is 0. The van der Waals surface area contributed by atoms with Crippen molar-refractivity contribution in [2.75, 3.05) is 11.9 Å². The molecule has 0 atom stereocenters. The van der Waals surface area contributed by atoms with Crippen molar-refractivity contribution in [3.8, 4) is 0 Å². The average Bonchev–Trinajstić information content (AvgIpc) is 2.26. The number of aromatic nitrogens is 1. The predicted molar refractivity (Wildman–Crippen MR) is 61.8 cm³/mol. The van der Waals surface area contributed by atoms with Gasteiger partial charge in [0.25, 0.3) is 0 Å². The summed E-state index contributed by atoms with van der Waals surface area (Å²) in [6, 6.07) is 2.33. The minimum atomic E-state index is -4.37. The van der Waals surface area contributed by atoms with Crippen molar-refractivity contribution < 1.29 is 13.2 Å². The standard InChI is InChI=1S/C12H17F3N2/c1-4-11(2,3)8-17-10-9(12(13,14)15)6-5-7-16-10/h5-7H,4,8H2,1-3H3,(H,16,17). The summed E-state index contributed by atoms with van der Waals surface area (Å²) < 4.78 is 38.0. The topological polar surface area (TPSA) is 24.9 Å². The van der Waals surface area contributed by atoms with Gasteiger partial charge in [0.1, 0.15) is 5.82 Å². The van der Waals surface area contributed by atoms with Crippen LogP contribution in [0.5, 0.6) is 0 Å². The molecule has 0 spiro atoms. The molecule has 0 saturated carbocycles. The molecule has 0 unspecified atom stereocenters. The number of rotatable bonds is 4. The van der Waals surface area contributed by atoms with Crippen LogP contribution in [0.15, 0.2) is 18.3 Å². The van der Waals surface area contributed by atoms with E-state index in [1.165, 1.54) is 12.3 Å². The first-order valence-electron chi connectivity index (χ1n) is 5.52. The highest BCUT2D eigenvalue weighted by Crippen LogP contribution is 2.33. The number of nitrogens with one attached hydrogen (secondary N) is 1. The van der Waals surface area contributed by atoms with Crippen LogP contribution in [0.25, 0.3) is 0 Å². The van der Waals surface area contributed by atoms with Gasteiger partial charge in [-0.05, 0) is 24.0 Å². The number of hydrogen-bond donors (Lipinski definition) is 1. The molecule has 1 rings (SSSR count). The van der Waals surface area contributed by atoms with E-state index < -0.39 is 11.7 Å². The summed E-state index contributed by atoms with van der Waals surface area (Å²) >= 11 is 0. The van der Waals surface area contributed by atoms with Gasteiger partial charge in [-0.25, -0.2) is 4.98 Å². The monoisotopic (exact) mass is 246 g/mol. The van der Waals surface area contributed by atoms with Gasteiger partial charge >= 0.3 is 6.18 Å². The van der Waals surface area contributed by atoms with E-state index in [-0.39, 0.29) is 11.2 Å². The molecule has 17 heavy (non-hydrogen) atoms. The highest BCUT2D eigenvalue weighted by atomic mass is 19.4. The molecular formula is C12H17F3N2. The molecule has 0 aromatic carbocycles. The fourth-order valence-corrected chi connectivity index (χ4v) is 1.22. The Labute approximate surface area is 99.3 Å². The third-order valence-corrected chi connectivity index (χ3v) is 2.80. The van der Waals surface area contributed by atoms with Crippen LogP contribution in [-0.2, 0) is 6.18 Å². The third-order valence-electron chi connectivity index (χ3n) is 2.80. The van der Waals surface area contributed by atoms with Crippen molar-refractivity contribution in [1.29, 1.82) is 0 Å². The second-order valence-electron chi connectivity index (χ2n) is 4.77. The van der Waals surface area contributed by atoms with Gasteiger partial charge in [-0.3, -0.25) is 0 Å². The Balaban J connectivity index is 2.85. The highest BCUT2D eigenvalue weighted by Gasteiger charge is 2.34. The second-order valence-corrected chi connectivity index (χ2v) is 4.77. The van der Waals surface area contributed by atoms with Crippen molar-refractivity contribution in [2.45, 2.75) is 33.4 Å². The van der Waals surface area contributed by atoms with Crippen LogP contribution < -0.4 is 5.32 Å². The van der Waals surface area contributed by atoms with Crippen molar-refractivity contribution in [2.24, 2.45) is 5.41 Å². The van der Waals surface area contributed by atoms with Gasteiger partial charge in [-0.1, -0.05) is 20.8 Å². The maximum absolute atomic E-state index is 12.7. The smallest absolute Gasteiger partial charge is 0.369 e. The number of pyridine rings is 1. The van der Waals surface area contributed by atoms with E-state index >= 15 is 0 Å². The molecule has 1 aromatic rings. The highest BCUT2D eigenvalue weighted by molar-refractivity contribution is 5.45. The molecule has 0 radical (unpaired) electrons. The van der Waals surface area contributed by atoms with Gasteiger partial charge in [0.15, 0.2) is 0 Å². The molecular weight excluding hydrogens is 229 g/mol. The Kier molecular flexibility index (Phi) is 4.01. The normalized spacial score (nSPS) is 12.6. The molecule has 0 aliphatic rings. The molecule has 0 aliphatic carbocycles. The maximum Gasteiger partial charge on any atom is 0.419 e. The minimum absolute atomic E-state index is 0.0552. The summed E-state index contributed by atoms with van der Waals surface area (Å²) in [5, 5.41) is 2.78. The Bertz CT molecular complexity index is 372. The summed E-state index contributed by atoms with van der Waals surface area (Å²) in [4.78, 5) is 3.75. The summed E-state index contributed by atoms with van der Waals surface area (Å²) in [5.74, 6) is -0.0958. The molecule has 0 fully saturated rings. The largest absolute Gasteiger partial charge is 0.419 e. The second kappa shape index (κ2) is 4.94. The molecule has 5 heteroatoms. The molecule has 96 valence electrons. The van der Waals surface area contributed by atoms with Crippen LogP contribution in [0.1, 0.15) is 32.8 Å². The van der Waals surface area contributed by atoms with Crippen molar-refractivity contribution in [3.05, 3.63) is 23.9 Å². The first-order chi connectivity index (χ1) is 7.76. The van der Waals surface area contributed by atoms with Gasteiger partial charge < -0.3 is 5.32 Å². The van der Waals surface area contributed by atoms with Crippen molar-refractivity contribution in [3.63, 3.8) is 0 Å². The van der Waals surface area contributed by atoms with E-state index in [9.17, 15) is 13.2 Å². The maximum atomic E-state index is 12.7. The van der Waals surface area contributed by atoms with E-state index in [0.29, 0.717) is 6.54 Å². The number of nitrogens with zero attached hydrogens (tertiary/aromatic N) is 1. The number of halogens is 3. The van der Waals surface area contributed by atoms with Crippen LogP contribution in [0.2, 0.25) is 0 Å². The number of alkyl halides is 3. The summed E-state index contributed by atoms with van der Waals surface area (Å²) in [5.41, 5.74) is -0.771. The Morgan fingerprint density at radius 3 is 2.47 bits per heavy atom. The Hall–Kier alpha value is -1.26. The SMILES string of the molecule is CCC(C)(C)CNc1ncccc1C(F)(F)F. The van der Waals surface area contributed by atoms with Gasteiger partial charge in [-0.2, -0.15) is 13.2 Å². The van der Waals surface area contributed by atoms with Crippen LogP contribution in [0, 0.1) is 5.41 Å². The van der Waals surface area contributed by atoms with Crippen LogP contribution >= 0.6 is 0 Å². The van der Waals surface area contributed by atoms with Crippen molar-refractivity contribution >= 4 is 5.82 Å². The average molecular weight is 246 g/mol. The third kappa shape index (κ3) is 3.91. The van der Waals surface area contributed by atoms with E-state index in [1.54, 1.807) is 0 Å². The molecule has 0 aliphatic heterocycles. The van der Waals surface area contributed by atoms with E-state index in [1.807, 2.05) is 20.8 Å². The predicted octanol–water partition coefficient (Wildman–Crippen LogP) is 3.95. The molecule has 2 nitrogen and oxygen atoms in total. The molecule has 0 bridgehead atoms. The van der Waals surface area contributed by atoms with Crippen molar-refractivity contribution in [1.82, 2.24) is 4.98 Å². The number of anilines is 1. The summed E-state index contributed by atoms with van der Waals surface area (Å²) in [6.45, 7) is 6.46. The lowest BCUT2D eigenvalue weighted by Crippen LogP contribution is -2.24. The lowest BCUT2D eigenvalue weighted by molar-refractivity contribution is -0.137. The summed E-state index contributed by atoms with van der Waals surface area (Å²) in [6.07, 6.45) is -2.13.